The Morgan fingerprint density at radius 2 is 2.18 bits per heavy atom. The Morgan fingerprint density at radius 1 is 1.50 bits per heavy atom. The van der Waals surface area contributed by atoms with E-state index in [4.69, 9.17) is 0 Å². The number of carbonyl (C=O) groups excluding carboxylic acids is 1. The van der Waals surface area contributed by atoms with Crippen molar-refractivity contribution in [1.29, 1.82) is 0 Å². The highest BCUT2D eigenvalue weighted by atomic mass is 32.2. The molecule has 0 aromatic carbocycles. The third-order valence-electron chi connectivity index (χ3n) is 3.42. The minimum Gasteiger partial charge on any atom is -0.352 e. The lowest BCUT2D eigenvalue weighted by Crippen LogP contribution is -2.36. The van der Waals surface area contributed by atoms with E-state index >= 15 is 0 Å². The predicted molar refractivity (Wildman–Crippen MR) is 71.8 cm³/mol. The third-order valence-corrected chi connectivity index (χ3v) is 5.19. The molecule has 124 valence electrons. The van der Waals surface area contributed by atoms with Crippen LogP contribution in [0.4, 0.5) is 13.2 Å². The standard InChI is InChI=1S/C12H16F3N3O3S/c1-8-6-10(12(13,14)15)17-18(8)4-2-11(19)16-9-3-5-22(20,21)7-9/h6,9H,2-5,7H2,1H3,(H,16,19)/t9-/m1/s1. The van der Waals surface area contributed by atoms with Gasteiger partial charge in [0.25, 0.3) is 0 Å². The van der Waals surface area contributed by atoms with Crippen LogP contribution < -0.4 is 5.32 Å². The van der Waals surface area contributed by atoms with Crippen molar-refractivity contribution in [3.8, 4) is 0 Å². The molecular formula is C12H16F3N3O3S. The molecule has 22 heavy (non-hydrogen) atoms. The molecule has 1 aliphatic rings. The van der Waals surface area contributed by atoms with Crippen molar-refractivity contribution >= 4 is 15.7 Å². The van der Waals surface area contributed by atoms with Crippen molar-refractivity contribution in [1.82, 2.24) is 15.1 Å². The summed E-state index contributed by atoms with van der Waals surface area (Å²) in [6, 6.07) is 0.503. The average molecular weight is 339 g/mol. The number of alkyl halides is 3. The fourth-order valence-corrected chi connectivity index (χ4v) is 3.96. The lowest BCUT2D eigenvalue weighted by atomic mass is 10.2. The molecule has 1 aromatic rings. The highest BCUT2D eigenvalue weighted by molar-refractivity contribution is 7.91. The van der Waals surface area contributed by atoms with E-state index in [0.717, 1.165) is 10.7 Å². The van der Waals surface area contributed by atoms with Crippen molar-refractivity contribution in [3.05, 3.63) is 17.5 Å². The summed E-state index contributed by atoms with van der Waals surface area (Å²) in [6.45, 7) is 1.48. The molecule has 1 fully saturated rings. The third kappa shape index (κ3) is 4.21. The van der Waals surface area contributed by atoms with Crippen LogP contribution in [0.15, 0.2) is 6.07 Å². The van der Waals surface area contributed by atoms with Crippen molar-refractivity contribution in [2.24, 2.45) is 0 Å². The molecule has 1 amide bonds. The quantitative estimate of drug-likeness (QED) is 0.884. The minimum atomic E-state index is -4.52. The van der Waals surface area contributed by atoms with E-state index in [1.54, 1.807) is 0 Å². The van der Waals surface area contributed by atoms with Gasteiger partial charge in [0.1, 0.15) is 0 Å². The van der Waals surface area contributed by atoms with Crippen molar-refractivity contribution < 1.29 is 26.4 Å². The van der Waals surface area contributed by atoms with E-state index in [-0.39, 0.29) is 24.5 Å². The molecule has 0 saturated carbocycles. The Morgan fingerprint density at radius 3 is 2.68 bits per heavy atom. The summed E-state index contributed by atoms with van der Waals surface area (Å²) in [5.74, 6) is -0.436. The maximum Gasteiger partial charge on any atom is 0.435 e. The highest BCUT2D eigenvalue weighted by Gasteiger charge is 2.34. The molecule has 2 heterocycles. The number of aromatic nitrogens is 2. The van der Waals surface area contributed by atoms with E-state index in [2.05, 4.69) is 10.4 Å². The van der Waals surface area contributed by atoms with Crippen molar-refractivity contribution in [3.63, 3.8) is 0 Å². The van der Waals surface area contributed by atoms with Gasteiger partial charge >= 0.3 is 6.18 Å². The monoisotopic (exact) mass is 339 g/mol. The van der Waals surface area contributed by atoms with Gasteiger partial charge in [-0.3, -0.25) is 9.48 Å². The van der Waals surface area contributed by atoms with Gasteiger partial charge in [0.2, 0.25) is 5.91 Å². The second kappa shape index (κ2) is 5.90. The first kappa shape index (κ1) is 16.8. The zero-order valence-electron chi connectivity index (χ0n) is 11.9. The molecule has 1 saturated heterocycles. The first-order valence-electron chi connectivity index (χ1n) is 6.68. The van der Waals surface area contributed by atoms with Crippen molar-refractivity contribution in [2.75, 3.05) is 11.5 Å². The van der Waals surface area contributed by atoms with E-state index in [9.17, 15) is 26.4 Å². The van der Waals surface area contributed by atoms with Gasteiger partial charge in [0.15, 0.2) is 15.5 Å². The van der Waals surface area contributed by atoms with Crippen LogP contribution in [-0.2, 0) is 27.4 Å². The molecule has 6 nitrogen and oxygen atoms in total. The summed E-state index contributed by atoms with van der Waals surface area (Å²) in [4.78, 5) is 11.7. The number of nitrogens with zero attached hydrogens (tertiary/aromatic N) is 2. The maximum atomic E-state index is 12.5. The fraction of sp³-hybridized carbons (Fsp3) is 0.667. The zero-order chi connectivity index (χ0) is 16.5. The molecule has 1 aliphatic heterocycles. The Hall–Kier alpha value is -1.58. The second-order valence-electron chi connectivity index (χ2n) is 5.31. The van der Waals surface area contributed by atoms with Crippen LogP contribution in [-0.4, -0.2) is 41.7 Å². The number of carbonyl (C=O) groups is 1. The molecule has 0 spiro atoms. The summed E-state index contributed by atoms with van der Waals surface area (Å²) in [7, 11) is -3.09. The maximum absolute atomic E-state index is 12.5. The molecule has 10 heteroatoms. The molecule has 2 rings (SSSR count). The van der Waals surface area contributed by atoms with Gasteiger partial charge in [-0.15, -0.1) is 0 Å². The van der Waals surface area contributed by atoms with Gasteiger partial charge in [0.05, 0.1) is 11.5 Å². The molecule has 1 atom stereocenters. The van der Waals surface area contributed by atoms with E-state index in [0.29, 0.717) is 12.1 Å². The first-order chi connectivity index (χ1) is 10.1. The summed E-state index contributed by atoms with van der Waals surface area (Å²) >= 11 is 0. The van der Waals surface area contributed by atoms with E-state index in [1.165, 1.54) is 6.92 Å². The van der Waals surface area contributed by atoms with Gasteiger partial charge in [-0.1, -0.05) is 0 Å². The van der Waals surface area contributed by atoms with Gasteiger partial charge in [0, 0.05) is 24.7 Å². The van der Waals surface area contributed by atoms with Gasteiger partial charge in [-0.05, 0) is 19.4 Å². The lowest BCUT2D eigenvalue weighted by Gasteiger charge is -2.11. The second-order valence-corrected chi connectivity index (χ2v) is 7.54. The summed E-state index contributed by atoms with van der Waals surface area (Å²) < 4.78 is 61.2. The summed E-state index contributed by atoms with van der Waals surface area (Å²) in [5, 5.41) is 6.00. The van der Waals surface area contributed by atoms with Gasteiger partial charge in [-0.25, -0.2) is 8.42 Å². The smallest absolute Gasteiger partial charge is 0.352 e. The number of amides is 1. The van der Waals surface area contributed by atoms with Crippen LogP contribution in [0.5, 0.6) is 0 Å². The Kier molecular flexibility index (Phi) is 4.50. The van der Waals surface area contributed by atoms with Gasteiger partial charge < -0.3 is 5.32 Å². The number of rotatable bonds is 4. The Bertz CT molecular complexity index is 667. The summed E-state index contributed by atoms with van der Waals surface area (Å²) in [6.07, 6.45) is -4.21. The molecule has 0 radical (unpaired) electrons. The number of hydrogen-bond acceptors (Lipinski definition) is 4. The fourth-order valence-electron chi connectivity index (χ4n) is 2.29. The van der Waals surface area contributed by atoms with Crippen LogP contribution in [0.3, 0.4) is 0 Å². The molecule has 1 N–H and O–H groups in total. The molecular weight excluding hydrogens is 323 g/mol. The predicted octanol–water partition coefficient (Wildman–Crippen LogP) is 0.904. The molecule has 0 aliphatic carbocycles. The number of hydrogen-bond donors (Lipinski definition) is 1. The lowest BCUT2D eigenvalue weighted by molar-refractivity contribution is -0.141. The highest BCUT2D eigenvalue weighted by Crippen LogP contribution is 2.28. The topological polar surface area (TPSA) is 81.1 Å². The SMILES string of the molecule is Cc1cc(C(F)(F)F)nn1CCC(=O)N[C@@H]1CCS(=O)(=O)C1. The molecule has 0 bridgehead atoms. The van der Waals surface area contributed by atoms with E-state index in [1.807, 2.05) is 0 Å². The largest absolute Gasteiger partial charge is 0.435 e. The van der Waals surface area contributed by atoms with Gasteiger partial charge in [-0.2, -0.15) is 18.3 Å². The number of aryl methyl sites for hydroxylation is 2. The Balaban J connectivity index is 1.88. The van der Waals surface area contributed by atoms with Crippen LogP contribution in [0.2, 0.25) is 0 Å². The molecule has 0 unspecified atom stereocenters. The number of sulfone groups is 1. The average Bonchev–Trinajstić information content (AvgIpc) is 2.89. The Labute approximate surface area is 125 Å². The number of halogens is 3. The van der Waals surface area contributed by atoms with Crippen LogP contribution >= 0.6 is 0 Å². The number of nitrogens with one attached hydrogen (secondary N) is 1. The first-order valence-corrected chi connectivity index (χ1v) is 8.50. The zero-order valence-corrected chi connectivity index (χ0v) is 12.7. The van der Waals surface area contributed by atoms with Crippen LogP contribution in [0.1, 0.15) is 24.2 Å². The van der Waals surface area contributed by atoms with Crippen molar-refractivity contribution in [2.45, 2.75) is 38.5 Å². The summed E-state index contributed by atoms with van der Waals surface area (Å²) in [5.41, 5.74) is -0.684. The minimum absolute atomic E-state index is 0.00716. The van der Waals surface area contributed by atoms with Crippen LogP contribution in [0.25, 0.3) is 0 Å². The van der Waals surface area contributed by atoms with E-state index < -0.39 is 33.7 Å². The van der Waals surface area contributed by atoms with Crippen LogP contribution in [0, 0.1) is 6.92 Å². The molecule has 1 aromatic heterocycles. The normalized spacial score (nSPS) is 21.0.